The predicted octanol–water partition coefficient (Wildman–Crippen LogP) is 4.91. The molecule has 0 aliphatic carbocycles. The van der Waals surface area contributed by atoms with Crippen molar-refractivity contribution in [2.45, 2.75) is 25.8 Å². The third kappa shape index (κ3) is 4.23. The van der Waals surface area contributed by atoms with Gasteiger partial charge in [-0.3, -0.25) is 0 Å². The highest BCUT2D eigenvalue weighted by Crippen LogP contribution is 2.25. The van der Waals surface area contributed by atoms with E-state index in [1.165, 1.54) is 20.6 Å². The van der Waals surface area contributed by atoms with E-state index in [-0.39, 0.29) is 6.04 Å². The number of nitrogens with one attached hydrogen (secondary N) is 1. The molecule has 0 aliphatic rings. The molecule has 0 saturated heterocycles. The molecule has 108 valence electrons. The van der Waals surface area contributed by atoms with Crippen LogP contribution >= 0.6 is 33.9 Å². The van der Waals surface area contributed by atoms with Gasteiger partial charge >= 0.3 is 0 Å². The molecule has 0 spiro atoms. The molecule has 0 bridgehead atoms. The Balaban J connectivity index is 2.16. The van der Waals surface area contributed by atoms with Crippen molar-refractivity contribution in [1.82, 2.24) is 5.32 Å². The highest BCUT2D eigenvalue weighted by molar-refractivity contribution is 14.1. The molecule has 1 unspecified atom stereocenters. The summed E-state index contributed by atoms with van der Waals surface area (Å²) in [5.74, 6) is -1.58. The van der Waals surface area contributed by atoms with Crippen LogP contribution in [0.2, 0.25) is 0 Å². The summed E-state index contributed by atoms with van der Waals surface area (Å²) in [7, 11) is 0. The summed E-state index contributed by atoms with van der Waals surface area (Å²) in [4.78, 5) is 0. The number of thiophene rings is 1. The van der Waals surface area contributed by atoms with Gasteiger partial charge in [-0.2, -0.15) is 0 Å². The summed E-state index contributed by atoms with van der Waals surface area (Å²) in [6.07, 6.45) is 1.69. The smallest absolute Gasteiger partial charge is 0.159 e. The van der Waals surface area contributed by atoms with Crippen LogP contribution in [0.5, 0.6) is 0 Å². The number of halogens is 3. The van der Waals surface area contributed by atoms with Crippen molar-refractivity contribution in [2.75, 3.05) is 6.54 Å². The van der Waals surface area contributed by atoms with E-state index in [1.807, 2.05) is 0 Å². The SMILES string of the molecule is CCCNC(Cc1ccc(F)c(F)c1)c1csc(I)c1. The standard InChI is InChI=1S/C15H16F2INS/c1-2-5-19-14(11-8-15(18)20-9-11)7-10-3-4-12(16)13(17)6-10/h3-4,6,8-9,14,19H,2,5,7H2,1H3. The predicted molar refractivity (Wildman–Crippen MR) is 88.1 cm³/mol. The van der Waals surface area contributed by atoms with Crippen LogP contribution in [0.25, 0.3) is 0 Å². The molecule has 1 heterocycles. The number of rotatable bonds is 6. The van der Waals surface area contributed by atoms with Crippen LogP contribution in [0.1, 0.15) is 30.5 Å². The van der Waals surface area contributed by atoms with Crippen LogP contribution in [0.4, 0.5) is 8.78 Å². The zero-order chi connectivity index (χ0) is 14.5. The van der Waals surface area contributed by atoms with Crippen molar-refractivity contribution in [3.05, 3.63) is 55.3 Å². The Kier molecular flexibility index (Phi) is 5.92. The van der Waals surface area contributed by atoms with Crippen LogP contribution in [0.15, 0.2) is 29.6 Å². The highest BCUT2D eigenvalue weighted by Gasteiger charge is 2.14. The van der Waals surface area contributed by atoms with Crippen LogP contribution in [-0.2, 0) is 6.42 Å². The first-order valence-corrected chi connectivity index (χ1v) is 8.47. The van der Waals surface area contributed by atoms with Crippen LogP contribution < -0.4 is 5.32 Å². The maximum Gasteiger partial charge on any atom is 0.159 e. The summed E-state index contributed by atoms with van der Waals surface area (Å²) in [6.45, 7) is 3.01. The van der Waals surface area contributed by atoms with Crippen molar-refractivity contribution in [3.63, 3.8) is 0 Å². The molecule has 20 heavy (non-hydrogen) atoms. The molecule has 0 saturated carbocycles. The Hall–Kier alpha value is -0.530. The van der Waals surface area contributed by atoms with Gasteiger partial charge in [-0.25, -0.2) is 8.78 Å². The lowest BCUT2D eigenvalue weighted by atomic mass is 10.0. The fourth-order valence-corrected chi connectivity index (χ4v) is 3.46. The maximum absolute atomic E-state index is 13.3. The van der Waals surface area contributed by atoms with E-state index in [0.717, 1.165) is 18.5 Å². The summed E-state index contributed by atoms with van der Waals surface area (Å²) >= 11 is 3.99. The van der Waals surface area contributed by atoms with Crippen molar-refractivity contribution in [1.29, 1.82) is 0 Å². The van der Waals surface area contributed by atoms with Gasteiger partial charge in [-0.1, -0.05) is 13.0 Å². The van der Waals surface area contributed by atoms with E-state index < -0.39 is 11.6 Å². The Morgan fingerprint density at radius 2 is 2.05 bits per heavy atom. The molecule has 0 fully saturated rings. The average Bonchev–Trinajstić information content (AvgIpc) is 2.85. The molecular weight excluding hydrogens is 391 g/mol. The van der Waals surface area contributed by atoms with E-state index >= 15 is 0 Å². The lowest BCUT2D eigenvalue weighted by Crippen LogP contribution is -2.23. The minimum Gasteiger partial charge on any atom is -0.310 e. The largest absolute Gasteiger partial charge is 0.310 e. The summed E-state index contributed by atoms with van der Waals surface area (Å²) in [5.41, 5.74) is 2.01. The molecular formula is C15H16F2INS. The molecule has 5 heteroatoms. The van der Waals surface area contributed by atoms with Gasteiger partial charge in [0.05, 0.1) is 2.88 Å². The van der Waals surface area contributed by atoms with Crippen molar-refractivity contribution < 1.29 is 8.78 Å². The first-order chi connectivity index (χ1) is 9.60. The van der Waals surface area contributed by atoms with Gasteiger partial charge in [-0.15, -0.1) is 11.3 Å². The molecule has 1 nitrogen and oxygen atoms in total. The van der Waals surface area contributed by atoms with Gasteiger partial charge in [0, 0.05) is 6.04 Å². The molecule has 1 atom stereocenters. The van der Waals surface area contributed by atoms with Crippen LogP contribution in [0, 0.1) is 14.5 Å². The third-order valence-electron chi connectivity index (χ3n) is 3.05. The van der Waals surface area contributed by atoms with E-state index in [9.17, 15) is 8.78 Å². The second-order valence-electron chi connectivity index (χ2n) is 4.64. The number of hydrogen-bond acceptors (Lipinski definition) is 2. The molecule has 2 aromatic rings. The van der Waals surface area contributed by atoms with E-state index in [4.69, 9.17) is 0 Å². The summed E-state index contributed by atoms with van der Waals surface area (Å²) < 4.78 is 27.5. The Morgan fingerprint density at radius 3 is 2.65 bits per heavy atom. The minimum atomic E-state index is -0.795. The summed E-state index contributed by atoms with van der Waals surface area (Å²) in [5, 5.41) is 5.59. The molecule has 0 amide bonds. The number of benzene rings is 1. The molecule has 1 aromatic heterocycles. The van der Waals surface area contributed by atoms with Crippen LogP contribution in [0.3, 0.4) is 0 Å². The second-order valence-corrected chi connectivity index (χ2v) is 7.45. The normalized spacial score (nSPS) is 12.6. The van der Waals surface area contributed by atoms with Gasteiger partial charge < -0.3 is 5.32 Å². The van der Waals surface area contributed by atoms with E-state index in [1.54, 1.807) is 17.4 Å². The molecule has 1 aromatic carbocycles. The molecule has 1 N–H and O–H groups in total. The van der Waals surface area contributed by atoms with Gasteiger partial charge in [0.15, 0.2) is 11.6 Å². The zero-order valence-corrected chi connectivity index (χ0v) is 14.1. The Bertz CT molecular complexity index is 571. The Labute approximate surface area is 135 Å². The highest BCUT2D eigenvalue weighted by atomic mass is 127. The Morgan fingerprint density at radius 1 is 1.25 bits per heavy atom. The van der Waals surface area contributed by atoms with Crippen molar-refractivity contribution in [2.24, 2.45) is 0 Å². The fourth-order valence-electron chi connectivity index (χ4n) is 2.03. The van der Waals surface area contributed by atoms with Gasteiger partial charge in [-0.05, 0) is 76.7 Å². The zero-order valence-electron chi connectivity index (χ0n) is 11.1. The monoisotopic (exact) mass is 407 g/mol. The third-order valence-corrected chi connectivity index (χ3v) is 4.86. The van der Waals surface area contributed by atoms with Gasteiger partial charge in [0.25, 0.3) is 0 Å². The van der Waals surface area contributed by atoms with Crippen molar-refractivity contribution >= 4 is 33.9 Å². The van der Waals surface area contributed by atoms with Crippen molar-refractivity contribution in [3.8, 4) is 0 Å². The first-order valence-electron chi connectivity index (χ1n) is 6.51. The topological polar surface area (TPSA) is 12.0 Å². The lowest BCUT2D eigenvalue weighted by Gasteiger charge is -2.17. The maximum atomic E-state index is 13.3. The molecule has 0 aliphatic heterocycles. The molecule has 0 radical (unpaired) electrons. The van der Waals surface area contributed by atoms with E-state index in [0.29, 0.717) is 6.42 Å². The number of hydrogen-bond donors (Lipinski definition) is 1. The van der Waals surface area contributed by atoms with Gasteiger partial charge in [0.2, 0.25) is 0 Å². The molecule has 2 rings (SSSR count). The lowest BCUT2D eigenvalue weighted by molar-refractivity contribution is 0.500. The minimum absolute atomic E-state index is 0.138. The van der Waals surface area contributed by atoms with Crippen LogP contribution in [-0.4, -0.2) is 6.54 Å². The fraction of sp³-hybridized carbons (Fsp3) is 0.333. The van der Waals surface area contributed by atoms with Gasteiger partial charge in [0.1, 0.15) is 0 Å². The summed E-state index contributed by atoms with van der Waals surface area (Å²) in [6, 6.07) is 6.40. The first kappa shape index (κ1) is 15.9. The average molecular weight is 407 g/mol. The quantitative estimate of drug-likeness (QED) is 0.671. The second kappa shape index (κ2) is 7.47. The van der Waals surface area contributed by atoms with E-state index in [2.05, 4.69) is 46.3 Å².